The molecular weight excluding hydrogens is 299 g/mol. The van der Waals surface area contributed by atoms with Gasteiger partial charge in [0, 0.05) is 0 Å². The molecule has 0 radical (unpaired) electrons. The molecule has 1 aromatic rings. The Balaban J connectivity index is 2.37. The van der Waals surface area contributed by atoms with E-state index in [9.17, 15) is 18.0 Å². The monoisotopic (exact) mass is 303 g/mol. The number of alkyl halides is 3. The van der Waals surface area contributed by atoms with Crippen molar-refractivity contribution in [3.63, 3.8) is 0 Å². The van der Waals surface area contributed by atoms with Crippen LogP contribution in [0.15, 0.2) is 9.98 Å². The topological polar surface area (TPSA) is 54.0 Å². The quantitative estimate of drug-likeness (QED) is 0.882. The number of nitrogens with one attached hydrogen (secondary N) is 2. The predicted octanol–water partition coefficient (Wildman–Crippen LogP) is 2.59. The van der Waals surface area contributed by atoms with Crippen LogP contribution >= 0.6 is 27.3 Å². The van der Waals surface area contributed by atoms with Crippen LogP contribution in [0.4, 0.5) is 23.1 Å². The van der Waals surface area contributed by atoms with E-state index in [4.69, 9.17) is 0 Å². The number of carbonyl (C=O) groups excluding carboxylic acids is 1. The lowest BCUT2D eigenvalue weighted by atomic mass is 10.6. The van der Waals surface area contributed by atoms with Crippen molar-refractivity contribution in [1.82, 2.24) is 10.3 Å². The number of amides is 2. The summed E-state index contributed by atoms with van der Waals surface area (Å²) in [5.74, 6) is 0. The predicted molar refractivity (Wildman–Crippen MR) is 52.9 cm³/mol. The lowest BCUT2D eigenvalue weighted by Gasteiger charge is -2.07. The van der Waals surface area contributed by atoms with Gasteiger partial charge in [-0.05, 0) is 15.9 Å². The molecule has 84 valence electrons. The molecule has 2 N–H and O–H groups in total. The summed E-state index contributed by atoms with van der Waals surface area (Å²) < 4.78 is 35.8. The van der Waals surface area contributed by atoms with Gasteiger partial charge in [-0.1, -0.05) is 11.3 Å². The van der Waals surface area contributed by atoms with E-state index in [1.807, 2.05) is 0 Å². The summed E-state index contributed by atoms with van der Waals surface area (Å²) >= 11 is 4.20. The van der Waals surface area contributed by atoms with Crippen molar-refractivity contribution in [2.45, 2.75) is 6.18 Å². The Labute approximate surface area is 95.0 Å². The second-order valence-corrected chi connectivity index (χ2v) is 4.80. The smallest absolute Gasteiger partial charge is 0.329 e. The van der Waals surface area contributed by atoms with Gasteiger partial charge in [0.15, 0.2) is 5.13 Å². The Kier molecular flexibility index (Phi) is 3.91. The second-order valence-electron chi connectivity index (χ2n) is 2.39. The number of hydrogen-bond donors (Lipinski definition) is 2. The average Bonchev–Trinajstić information content (AvgIpc) is 2.47. The number of anilines is 1. The molecule has 0 fully saturated rings. The maximum atomic E-state index is 11.7. The van der Waals surface area contributed by atoms with E-state index < -0.39 is 18.8 Å². The average molecular weight is 304 g/mol. The molecule has 2 amide bonds. The standard InChI is InChI=1S/C6H5BrF3N3OS/c7-3-1-11-5(15-3)13-4(14)12-2-6(8,9)10/h1H,2H2,(H2,11,12,13,14). The van der Waals surface area contributed by atoms with Crippen LogP contribution < -0.4 is 10.6 Å². The molecule has 4 nitrogen and oxygen atoms in total. The molecule has 0 aliphatic rings. The van der Waals surface area contributed by atoms with Crippen molar-refractivity contribution < 1.29 is 18.0 Å². The third-order valence-electron chi connectivity index (χ3n) is 1.15. The van der Waals surface area contributed by atoms with Crippen LogP contribution in [0.2, 0.25) is 0 Å². The molecule has 0 aromatic carbocycles. The van der Waals surface area contributed by atoms with E-state index in [1.54, 1.807) is 5.32 Å². The van der Waals surface area contributed by atoms with Crippen molar-refractivity contribution in [1.29, 1.82) is 0 Å². The van der Waals surface area contributed by atoms with Crippen molar-refractivity contribution in [3.8, 4) is 0 Å². The minimum atomic E-state index is -4.42. The van der Waals surface area contributed by atoms with Crippen molar-refractivity contribution in [3.05, 3.63) is 9.98 Å². The van der Waals surface area contributed by atoms with E-state index in [-0.39, 0.29) is 5.13 Å². The fourth-order valence-electron chi connectivity index (χ4n) is 0.634. The van der Waals surface area contributed by atoms with Gasteiger partial charge >= 0.3 is 12.2 Å². The zero-order valence-corrected chi connectivity index (χ0v) is 9.46. The highest BCUT2D eigenvalue weighted by Gasteiger charge is 2.27. The summed E-state index contributed by atoms with van der Waals surface area (Å²) in [5, 5.41) is 4.04. The molecule has 0 bridgehead atoms. The van der Waals surface area contributed by atoms with Crippen LogP contribution in [-0.2, 0) is 0 Å². The van der Waals surface area contributed by atoms with Gasteiger partial charge < -0.3 is 5.32 Å². The van der Waals surface area contributed by atoms with Gasteiger partial charge in [0.2, 0.25) is 0 Å². The number of carbonyl (C=O) groups is 1. The lowest BCUT2D eigenvalue weighted by Crippen LogP contribution is -2.36. The molecule has 0 unspecified atom stereocenters. The Bertz CT molecular complexity index is 354. The zero-order chi connectivity index (χ0) is 11.5. The molecule has 0 saturated carbocycles. The molecule has 0 atom stereocenters. The molecule has 0 aliphatic heterocycles. The highest BCUT2D eigenvalue weighted by atomic mass is 79.9. The lowest BCUT2D eigenvalue weighted by molar-refractivity contribution is -0.122. The van der Waals surface area contributed by atoms with E-state index >= 15 is 0 Å². The molecule has 0 spiro atoms. The summed E-state index contributed by atoms with van der Waals surface area (Å²) in [6, 6.07) is -0.936. The Hall–Kier alpha value is -0.830. The van der Waals surface area contributed by atoms with Crippen LogP contribution in [0, 0.1) is 0 Å². The molecule has 1 rings (SSSR count). The number of halogens is 4. The van der Waals surface area contributed by atoms with Gasteiger partial charge in [-0.15, -0.1) is 0 Å². The highest BCUT2D eigenvalue weighted by Crippen LogP contribution is 2.22. The molecule has 1 aromatic heterocycles. The van der Waals surface area contributed by atoms with Gasteiger partial charge in [-0.3, -0.25) is 5.32 Å². The minimum absolute atomic E-state index is 0.224. The van der Waals surface area contributed by atoms with Crippen LogP contribution in [0.1, 0.15) is 0 Å². The number of urea groups is 1. The first-order valence-corrected chi connectivity index (χ1v) is 5.21. The third-order valence-corrected chi connectivity index (χ3v) is 2.54. The number of rotatable bonds is 2. The van der Waals surface area contributed by atoms with Gasteiger partial charge in [-0.2, -0.15) is 13.2 Å². The maximum absolute atomic E-state index is 11.7. The summed E-state index contributed by atoms with van der Waals surface area (Å²) in [4.78, 5) is 14.6. The highest BCUT2D eigenvalue weighted by molar-refractivity contribution is 9.11. The number of aromatic nitrogens is 1. The van der Waals surface area contributed by atoms with E-state index in [2.05, 4.69) is 26.2 Å². The first-order chi connectivity index (χ1) is 6.87. The summed E-state index contributed by atoms with van der Waals surface area (Å²) in [5.41, 5.74) is 0. The fraction of sp³-hybridized carbons (Fsp3) is 0.333. The molecule has 1 heterocycles. The van der Waals surface area contributed by atoms with Gasteiger partial charge in [0.05, 0.1) is 9.98 Å². The number of nitrogens with zero attached hydrogens (tertiary/aromatic N) is 1. The Morgan fingerprint density at radius 1 is 1.60 bits per heavy atom. The van der Waals surface area contributed by atoms with Crippen LogP contribution in [0.3, 0.4) is 0 Å². The first-order valence-electron chi connectivity index (χ1n) is 3.60. The van der Waals surface area contributed by atoms with Gasteiger partial charge in [0.1, 0.15) is 6.54 Å². The molecule has 0 aliphatic carbocycles. The number of thiazole rings is 1. The minimum Gasteiger partial charge on any atom is -0.329 e. The van der Waals surface area contributed by atoms with E-state index in [0.29, 0.717) is 3.79 Å². The van der Waals surface area contributed by atoms with E-state index in [0.717, 1.165) is 11.3 Å². The maximum Gasteiger partial charge on any atom is 0.405 e. The molecule has 9 heteroatoms. The van der Waals surface area contributed by atoms with Crippen molar-refractivity contribution >= 4 is 38.4 Å². The Morgan fingerprint density at radius 3 is 2.73 bits per heavy atom. The number of hydrogen-bond acceptors (Lipinski definition) is 3. The third kappa shape index (κ3) is 4.98. The van der Waals surface area contributed by atoms with Crippen LogP contribution in [-0.4, -0.2) is 23.7 Å². The second kappa shape index (κ2) is 4.79. The van der Waals surface area contributed by atoms with Crippen LogP contribution in [0.5, 0.6) is 0 Å². The van der Waals surface area contributed by atoms with Crippen molar-refractivity contribution in [2.75, 3.05) is 11.9 Å². The SMILES string of the molecule is O=C(NCC(F)(F)F)Nc1ncc(Br)s1. The van der Waals surface area contributed by atoms with Crippen LogP contribution in [0.25, 0.3) is 0 Å². The zero-order valence-electron chi connectivity index (χ0n) is 7.06. The fourth-order valence-corrected chi connectivity index (χ4v) is 1.74. The first kappa shape index (κ1) is 12.2. The van der Waals surface area contributed by atoms with E-state index in [1.165, 1.54) is 6.20 Å². The largest absolute Gasteiger partial charge is 0.405 e. The van der Waals surface area contributed by atoms with Gasteiger partial charge in [-0.25, -0.2) is 9.78 Å². The summed E-state index contributed by atoms with van der Waals surface area (Å²) in [6.45, 7) is -1.37. The normalized spacial score (nSPS) is 11.2. The Morgan fingerprint density at radius 2 is 2.27 bits per heavy atom. The molecule has 15 heavy (non-hydrogen) atoms. The molecular formula is C6H5BrF3N3OS. The molecule has 0 saturated heterocycles. The summed E-state index contributed by atoms with van der Waals surface area (Å²) in [6.07, 6.45) is -2.98. The summed E-state index contributed by atoms with van der Waals surface area (Å²) in [7, 11) is 0. The van der Waals surface area contributed by atoms with Gasteiger partial charge in [0.25, 0.3) is 0 Å². The van der Waals surface area contributed by atoms with Crippen molar-refractivity contribution in [2.24, 2.45) is 0 Å².